The van der Waals surface area contributed by atoms with E-state index in [1.165, 1.54) is 19.4 Å². The largest absolute Gasteiger partial charge is 0.409 e. The highest BCUT2D eigenvalue weighted by molar-refractivity contribution is 6.81. The van der Waals surface area contributed by atoms with E-state index < -0.39 is 17.4 Å². The monoisotopic (exact) mass is 219 g/mol. The second-order valence-corrected chi connectivity index (χ2v) is 12.3. The van der Waals surface area contributed by atoms with Gasteiger partial charge >= 0.3 is 0 Å². The lowest BCUT2D eigenvalue weighted by molar-refractivity contribution is 0.372. The molecule has 80 valence electrons. The van der Waals surface area contributed by atoms with E-state index in [0.29, 0.717) is 0 Å². The van der Waals surface area contributed by atoms with Gasteiger partial charge in [0.2, 0.25) is 9.20 Å². The van der Waals surface area contributed by atoms with Gasteiger partial charge in [0.25, 0.3) is 0 Å². The Morgan fingerprint density at radius 1 is 1.31 bits per heavy atom. The van der Waals surface area contributed by atoms with Crippen LogP contribution in [0.1, 0.15) is 19.8 Å². The van der Waals surface area contributed by atoms with Gasteiger partial charge in [-0.3, -0.25) is 0 Å². The van der Waals surface area contributed by atoms with Gasteiger partial charge in [-0.05, 0) is 19.5 Å². The summed E-state index contributed by atoms with van der Waals surface area (Å²) in [5.41, 5.74) is 0. The number of rotatable bonds is 6. The van der Waals surface area contributed by atoms with Crippen molar-refractivity contribution in [1.29, 1.82) is 0 Å². The molecule has 0 aliphatic heterocycles. The van der Waals surface area contributed by atoms with Gasteiger partial charge in [0.05, 0.1) is 0 Å². The van der Waals surface area contributed by atoms with Crippen LogP contribution in [0.25, 0.3) is 0 Å². The van der Waals surface area contributed by atoms with Crippen molar-refractivity contribution in [1.82, 2.24) is 4.23 Å². The molecule has 0 aliphatic carbocycles. The van der Waals surface area contributed by atoms with Crippen molar-refractivity contribution in [2.75, 3.05) is 13.7 Å². The summed E-state index contributed by atoms with van der Waals surface area (Å²) in [5, 5.41) is 0. The number of hydrogen-bond donors (Lipinski definition) is 0. The Balaban J connectivity index is 4.19. The fourth-order valence-corrected chi connectivity index (χ4v) is 7.83. The molecular formula is C9H25NOSi2. The lowest BCUT2D eigenvalue weighted by Gasteiger charge is -2.37. The highest BCUT2D eigenvalue weighted by atomic mass is 28.4. The molecule has 1 atom stereocenters. The summed E-state index contributed by atoms with van der Waals surface area (Å²) in [6.45, 7) is 13.0. The minimum atomic E-state index is -1.14. The molecule has 0 rings (SSSR count). The van der Waals surface area contributed by atoms with Crippen LogP contribution in [-0.4, -0.2) is 35.3 Å². The van der Waals surface area contributed by atoms with Crippen molar-refractivity contribution in [2.45, 2.75) is 46.0 Å². The predicted octanol–water partition coefficient (Wildman–Crippen LogP) is 2.42. The van der Waals surface area contributed by atoms with Gasteiger partial charge in [0, 0.05) is 7.11 Å². The predicted molar refractivity (Wildman–Crippen MR) is 65.0 cm³/mol. The van der Waals surface area contributed by atoms with Gasteiger partial charge in [-0.1, -0.05) is 33.0 Å². The van der Waals surface area contributed by atoms with Crippen LogP contribution in [0.5, 0.6) is 0 Å². The molecule has 0 fully saturated rings. The van der Waals surface area contributed by atoms with Crippen LogP contribution in [-0.2, 0) is 4.43 Å². The van der Waals surface area contributed by atoms with Gasteiger partial charge in [0.15, 0.2) is 0 Å². The van der Waals surface area contributed by atoms with Crippen LogP contribution in [0.3, 0.4) is 0 Å². The average Bonchev–Trinajstić information content (AvgIpc) is 2.02. The summed E-state index contributed by atoms with van der Waals surface area (Å²) in [7, 11) is -0.339. The first-order chi connectivity index (χ1) is 5.93. The molecule has 4 heteroatoms. The fraction of sp³-hybridized carbons (Fsp3) is 1.00. The first-order valence-corrected chi connectivity index (χ1v) is 10.8. The molecule has 0 aliphatic rings. The molecule has 0 aromatic heterocycles. The summed E-state index contributed by atoms with van der Waals surface area (Å²) >= 11 is 0. The molecular weight excluding hydrogens is 194 g/mol. The zero-order chi connectivity index (χ0) is 10.5. The molecule has 2 nitrogen and oxygen atoms in total. The molecule has 0 aromatic rings. The lowest BCUT2D eigenvalue weighted by Crippen LogP contribution is -2.54. The maximum atomic E-state index is 5.54. The molecule has 1 unspecified atom stereocenters. The highest BCUT2D eigenvalue weighted by Crippen LogP contribution is 2.13. The number of unbranched alkanes of at least 4 members (excludes halogenated alkanes) is 1. The second kappa shape index (κ2) is 5.95. The summed E-state index contributed by atoms with van der Waals surface area (Å²) in [5.74, 6) is 0. The van der Waals surface area contributed by atoms with Crippen LogP contribution in [0.4, 0.5) is 0 Å². The molecule has 0 bridgehead atoms. The standard InChI is InChI=1S/C9H25NOSi2/c1-7-8-9-10(12(3)11-2)13(4,5)6/h12H,7-9H2,1-6H3. The van der Waals surface area contributed by atoms with Crippen molar-refractivity contribution < 1.29 is 4.43 Å². The van der Waals surface area contributed by atoms with E-state index in [0.717, 1.165) is 0 Å². The number of nitrogens with zero attached hydrogens (tertiary/aromatic N) is 1. The highest BCUT2D eigenvalue weighted by Gasteiger charge is 2.28. The van der Waals surface area contributed by atoms with Crippen molar-refractivity contribution in [2.24, 2.45) is 0 Å². The SMILES string of the molecule is CCCCN([SiH](C)OC)[Si](C)(C)C. The Hall–Kier alpha value is 0.354. The van der Waals surface area contributed by atoms with Crippen LogP contribution in [0.15, 0.2) is 0 Å². The van der Waals surface area contributed by atoms with E-state index in [1.54, 1.807) is 0 Å². The van der Waals surface area contributed by atoms with Crippen molar-refractivity contribution in [3.8, 4) is 0 Å². The summed E-state index contributed by atoms with van der Waals surface area (Å²) in [6, 6.07) is 0. The molecule has 0 aromatic carbocycles. The smallest absolute Gasteiger partial charge is 0.244 e. The van der Waals surface area contributed by atoms with Gasteiger partial charge < -0.3 is 8.66 Å². The van der Waals surface area contributed by atoms with Gasteiger partial charge in [-0.15, -0.1) is 0 Å². The zero-order valence-corrected chi connectivity index (χ0v) is 12.2. The van der Waals surface area contributed by atoms with E-state index >= 15 is 0 Å². The van der Waals surface area contributed by atoms with Crippen molar-refractivity contribution in [3.05, 3.63) is 0 Å². The van der Waals surface area contributed by atoms with E-state index in [2.05, 4.69) is 37.3 Å². The summed E-state index contributed by atoms with van der Waals surface area (Å²) in [4.78, 5) is 0. The zero-order valence-electron chi connectivity index (χ0n) is 10.1. The Bertz CT molecular complexity index is 136. The van der Waals surface area contributed by atoms with E-state index in [9.17, 15) is 0 Å². The quantitative estimate of drug-likeness (QED) is 0.636. The normalized spacial score (nSPS) is 15.0. The minimum Gasteiger partial charge on any atom is -0.409 e. The molecule has 0 heterocycles. The van der Waals surface area contributed by atoms with Crippen molar-refractivity contribution >= 4 is 17.4 Å². The second-order valence-electron chi connectivity index (χ2n) is 4.55. The number of hydrogen-bond acceptors (Lipinski definition) is 2. The minimum absolute atomic E-state index is 1.06. The molecule has 13 heavy (non-hydrogen) atoms. The Morgan fingerprint density at radius 2 is 1.85 bits per heavy atom. The fourth-order valence-electron chi connectivity index (χ4n) is 1.52. The molecule has 0 saturated heterocycles. The summed E-state index contributed by atoms with van der Waals surface area (Å²) in [6.07, 6.45) is 2.59. The molecule has 0 radical (unpaired) electrons. The van der Waals surface area contributed by atoms with Crippen molar-refractivity contribution in [3.63, 3.8) is 0 Å². The maximum Gasteiger partial charge on any atom is 0.244 e. The Kier molecular flexibility index (Phi) is 6.12. The third-order valence-electron chi connectivity index (χ3n) is 2.39. The molecule has 0 N–H and O–H groups in total. The first-order valence-electron chi connectivity index (χ1n) is 5.23. The lowest BCUT2D eigenvalue weighted by atomic mass is 10.3. The van der Waals surface area contributed by atoms with E-state index in [1.807, 2.05) is 7.11 Å². The average molecular weight is 219 g/mol. The summed E-state index contributed by atoms with van der Waals surface area (Å²) < 4.78 is 8.21. The van der Waals surface area contributed by atoms with Crippen LogP contribution >= 0.6 is 0 Å². The third kappa shape index (κ3) is 4.95. The van der Waals surface area contributed by atoms with E-state index in [-0.39, 0.29) is 0 Å². The molecule has 0 amide bonds. The van der Waals surface area contributed by atoms with Gasteiger partial charge in [-0.25, -0.2) is 0 Å². The topological polar surface area (TPSA) is 12.5 Å². The van der Waals surface area contributed by atoms with Gasteiger partial charge in [0.1, 0.15) is 8.24 Å². The Morgan fingerprint density at radius 3 is 2.15 bits per heavy atom. The van der Waals surface area contributed by atoms with Crippen LogP contribution < -0.4 is 0 Å². The van der Waals surface area contributed by atoms with E-state index in [4.69, 9.17) is 4.43 Å². The van der Waals surface area contributed by atoms with Crippen LogP contribution in [0.2, 0.25) is 26.2 Å². The molecule has 0 spiro atoms. The van der Waals surface area contributed by atoms with Gasteiger partial charge in [-0.2, -0.15) is 0 Å². The third-order valence-corrected chi connectivity index (χ3v) is 9.57. The first kappa shape index (κ1) is 13.4. The Labute approximate surface area is 86.2 Å². The van der Waals surface area contributed by atoms with Crippen LogP contribution in [0, 0.1) is 0 Å². The molecule has 0 saturated carbocycles. The maximum absolute atomic E-state index is 5.54.